The molecule has 0 aromatic heterocycles. The Morgan fingerprint density at radius 2 is 1.72 bits per heavy atom. The summed E-state index contributed by atoms with van der Waals surface area (Å²) in [6.45, 7) is 8.83. The quantitative estimate of drug-likeness (QED) is 0.590. The minimum Gasteiger partial charge on any atom is -0.469 e. The third kappa shape index (κ3) is 4.01. The Kier molecular flexibility index (Phi) is 6.70. The summed E-state index contributed by atoms with van der Waals surface area (Å²) in [5, 5.41) is 10.4. The third-order valence-electron chi connectivity index (χ3n) is 10.7. The number of hydrogen-bond acceptors (Lipinski definition) is 5. The van der Waals surface area contributed by atoms with E-state index < -0.39 is 0 Å². The van der Waals surface area contributed by atoms with Gasteiger partial charge in [-0.25, -0.2) is 0 Å². The smallest absolute Gasteiger partial charge is 0.305 e. The van der Waals surface area contributed by atoms with Crippen molar-refractivity contribution in [3.8, 4) is 0 Å². The normalized spacial score (nSPS) is 46.4. The van der Waals surface area contributed by atoms with Gasteiger partial charge in [0, 0.05) is 19.3 Å². The molecular weight excluding hydrogens is 404 g/mol. The molecule has 0 saturated heterocycles. The van der Waals surface area contributed by atoms with Crippen LogP contribution in [0.4, 0.5) is 0 Å². The number of fused-ring (bicyclic) bond motifs is 5. The summed E-state index contributed by atoms with van der Waals surface area (Å²) in [7, 11) is 1.47. The molecule has 0 aliphatic heterocycles. The predicted octanol–water partition coefficient (Wildman–Crippen LogP) is 5.14. The number of carbonyl (C=O) groups is 2. The fourth-order valence-corrected chi connectivity index (χ4v) is 9.13. The third-order valence-corrected chi connectivity index (χ3v) is 10.7. The van der Waals surface area contributed by atoms with Crippen LogP contribution in [0.1, 0.15) is 91.9 Å². The zero-order valence-corrected chi connectivity index (χ0v) is 20.8. The van der Waals surface area contributed by atoms with E-state index in [4.69, 9.17) is 9.47 Å². The Morgan fingerprint density at radius 3 is 2.41 bits per heavy atom. The molecule has 4 saturated carbocycles. The summed E-state index contributed by atoms with van der Waals surface area (Å²) < 4.78 is 10.9. The zero-order chi connectivity index (χ0) is 23.3. The highest BCUT2D eigenvalue weighted by Crippen LogP contribution is 2.68. The van der Waals surface area contributed by atoms with E-state index in [1.807, 2.05) is 0 Å². The second-order valence-electron chi connectivity index (χ2n) is 12.1. The van der Waals surface area contributed by atoms with E-state index >= 15 is 0 Å². The number of aliphatic hydroxyl groups excluding tert-OH is 1. The van der Waals surface area contributed by atoms with Crippen molar-refractivity contribution in [3.05, 3.63) is 0 Å². The Balaban J connectivity index is 1.59. The number of esters is 2. The first-order chi connectivity index (χ1) is 15.1. The van der Waals surface area contributed by atoms with Crippen molar-refractivity contribution in [1.82, 2.24) is 0 Å². The molecular formula is C27H44O5. The van der Waals surface area contributed by atoms with E-state index in [-0.39, 0.29) is 35.0 Å². The topological polar surface area (TPSA) is 72.8 Å². The van der Waals surface area contributed by atoms with Crippen LogP contribution in [0.5, 0.6) is 0 Å². The fraction of sp³-hybridized carbons (Fsp3) is 0.926. The molecule has 5 heteroatoms. The van der Waals surface area contributed by atoms with E-state index in [2.05, 4.69) is 20.8 Å². The first kappa shape index (κ1) is 24.0. The average molecular weight is 449 g/mol. The highest BCUT2D eigenvalue weighted by Gasteiger charge is 2.63. The maximum atomic E-state index is 12.1. The molecule has 0 unspecified atom stereocenters. The van der Waals surface area contributed by atoms with E-state index in [9.17, 15) is 14.7 Å². The van der Waals surface area contributed by atoms with Crippen molar-refractivity contribution in [3.63, 3.8) is 0 Å². The van der Waals surface area contributed by atoms with E-state index in [1.54, 1.807) is 6.92 Å². The standard InChI is InChI=1S/C27H44O5/c1-16(6-9-24(30)31-5)20-7-8-21-25-22(11-13-27(20,21)4)26(3)12-10-19(29)14-18(26)15-23(25)32-17(2)28/h16,18-23,25,29H,6-15H2,1-5H3/t16-,18-,19+,20-,21+,22+,23-,25+,26+,27-/m1/s1. The van der Waals surface area contributed by atoms with Crippen LogP contribution in [0.3, 0.4) is 0 Å². The first-order valence-corrected chi connectivity index (χ1v) is 13.0. The van der Waals surface area contributed by atoms with Gasteiger partial charge in [-0.05, 0) is 98.2 Å². The van der Waals surface area contributed by atoms with Crippen LogP contribution < -0.4 is 0 Å². The van der Waals surface area contributed by atoms with Crippen molar-refractivity contribution >= 4 is 11.9 Å². The summed E-state index contributed by atoms with van der Waals surface area (Å²) in [5.41, 5.74) is 0.489. The Labute approximate surface area is 194 Å². The Bertz CT molecular complexity index is 721. The zero-order valence-electron chi connectivity index (χ0n) is 20.8. The molecule has 0 radical (unpaired) electrons. The molecule has 10 atom stereocenters. The summed E-state index contributed by atoms with van der Waals surface area (Å²) in [6, 6.07) is 0. The first-order valence-electron chi connectivity index (χ1n) is 13.0. The minimum absolute atomic E-state index is 0.0189. The second kappa shape index (κ2) is 8.92. The molecule has 4 fully saturated rings. The van der Waals surface area contributed by atoms with Crippen molar-refractivity contribution in [2.75, 3.05) is 7.11 Å². The minimum atomic E-state index is -0.206. The van der Waals surface area contributed by atoms with Crippen molar-refractivity contribution in [2.24, 2.45) is 46.3 Å². The fourth-order valence-electron chi connectivity index (χ4n) is 9.13. The van der Waals surface area contributed by atoms with Crippen LogP contribution >= 0.6 is 0 Å². The van der Waals surface area contributed by atoms with Crippen LogP contribution in [-0.4, -0.2) is 36.4 Å². The Hall–Kier alpha value is -1.10. The van der Waals surface area contributed by atoms with Gasteiger partial charge in [-0.15, -0.1) is 0 Å². The number of hydrogen-bond donors (Lipinski definition) is 1. The Morgan fingerprint density at radius 1 is 1.03 bits per heavy atom. The van der Waals surface area contributed by atoms with E-state index in [1.165, 1.54) is 32.8 Å². The average Bonchev–Trinajstić information content (AvgIpc) is 3.09. The second-order valence-corrected chi connectivity index (χ2v) is 12.1. The molecule has 32 heavy (non-hydrogen) atoms. The van der Waals surface area contributed by atoms with Crippen molar-refractivity contribution in [2.45, 2.75) is 104 Å². The molecule has 4 rings (SSSR count). The van der Waals surface area contributed by atoms with Gasteiger partial charge in [-0.1, -0.05) is 20.8 Å². The summed E-state index contributed by atoms with van der Waals surface area (Å²) in [6.07, 6.45) is 9.75. The molecule has 0 bridgehead atoms. The maximum Gasteiger partial charge on any atom is 0.305 e. The maximum absolute atomic E-state index is 12.1. The van der Waals surface area contributed by atoms with Gasteiger partial charge >= 0.3 is 11.9 Å². The summed E-state index contributed by atoms with van der Waals surface area (Å²) >= 11 is 0. The molecule has 0 spiro atoms. The van der Waals surface area contributed by atoms with Crippen LogP contribution in [0, 0.1) is 46.3 Å². The lowest BCUT2D eigenvalue weighted by Gasteiger charge is -2.62. The van der Waals surface area contributed by atoms with Crippen LogP contribution in [-0.2, 0) is 19.1 Å². The van der Waals surface area contributed by atoms with Crippen LogP contribution in [0.2, 0.25) is 0 Å². The van der Waals surface area contributed by atoms with Crippen molar-refractivity contribution < 1.29 is 24.2 Å². The lowest BCUT2D eigenvalue weighted by atomic mass is 9.43. The van der Waals surface area contributed by atoms with Gasteiger partial charge < -0.3 is 14.6 Å². The molecule has 0 amide bonds. The van der Waals surface area contributed by atoms with Gasteiger partial charge in [0.25, 0.3) is 0 Å². The molecule has 4 aliphatic rings. The summed E-state index contributed by atoms with van der Waals surface area (Å²) in [5.74, 6) is 2.83. The van der Waals surface area contributed by atoms with Gasteiger partial charge in [0.05, 0.1) is 13.2 Å². The highest BCUT2D eigenvalue weighted by atomic mass is 16.5. The number of rotatable bonds is 5. The van der Waals surface area contributed by atoms with Gasteiger partial charge in [-0.3, -0.25) is 9.59 Å². The van der Waals surface area contributed by atoms with Gasteiger partial charge in [0.15, 0.2) is 0 Å². The van der Waals surface area contributed by atoms with Crippen LogP contribution in [0.15, 0.2) is 0 Å². The molecule has 1 N–H and O–H groups in total. The van der Waals surface area contributed by atoms with E-state index in [0.29, 0.717) is 41.9 Å². The van der Waals surface area contributed by atoms with E-state index in [0.717, 1.165) is 32.1 Å². The lowest BCUT2D eigenvalue weighted by Crippen LogP contribution is -2.59. The molecule has 182 valence electrons. The van der Waals surface area contributed by atoms with Gasteiger partial charge in [-0.2, -0.15) is 0 Å². The SMILES string of the molecule is COC(=O)CC[C@@H](C)[C@H]1CC[C@H]2[C@@H]3[C@H](OC(C)=O)C[C@H]4C[C@@H](O)CC[C@]4(C)[C@H]3CC[C@]12C. The molecule has 4 aliphatic carbocycles. The number of methoxy groups -OCH3 is 1. The molecule has 0 aromatic rings. The molecule has 0 heterocycles. The molecule has 5 nitrogen and oxygen atoms in total. The van der Waals surface area contributed by atoms with Crippen LogP contribution in [0.25, 0.3) is 0 Å². The molecule has 0 aromatic carbocycles. The lowest BCUT2D eigenvalue weighted by molar-refractivity contribution is -0.194. The number of aliphatic hydroxyl groups is 1. The number of carbonyl (C=O) groups excluding carboxylic acids is 2. The van der Waals surface area contributed by atoms with Gasteiger partial charge in [0.2, 0.25) is 0 Å². The number of ether oxygens (including phenoxy) is 2. The van der Waals surface area contributed by atoms with Gasteiger partial charge in [0.1, 0.15) is 6.10 Å². The van der Waals surface area contributed by atoms with Crippen molar-refractivity contribution in [1.29, 1.82) is 0 Å². The highest BCUT2D eigenvalue weighted by molar-refractivity contribution is 5.69. The predicted molar refractivity (Wildman–Crippen MR) is 123 cm³/mol. The summed E-state index contributed by atoms with van der Waals surface area (Å²) in [4.78, 5) is 23.8. The monoisotopic (exact) mass is 448 g/mol. The largest absolute Gasteiger partial charge is 0.469 e.